The van der Waals surface area contributed by atoms with Gasteiger partial charge in [0.2, 0.25) is 0 Å². The lowest BCUT2D eigenvalue weighted by molar-refractivity contribution is -0.385. The van der Waals surface area contributed by atoms with Gasteiger partial charge in [0.15, 0.2) is 0 Å². The van der Waals surface area contributed by atoms with Crippen LogP contribution in [0.1, 0.15) is 20.7 Å². The second-order valence-corrected chi connectivity index (χ2v) is 5.96. The minimum Gasteiger partial charge on any atom is -0.490 e. The molecule has 0 fully saturated rings. The van der Waals surface area contributed by atoms with E-state index in [0.29, 0.717) is 5.75 Å². The first kappa shape index (κ1) is 20.5. The Kier molecular flexibility index (Phi) is 6.73. The van der Waals surface area contributed by atoms with Crippen LogP contribution < -0.4 is 9.47 Å². The number of nitro groups is 1. The van der Waals surface area contributed by atoms with E-state index in [2.05, 4.69) is 0 Å². The maximum atomic E-state index is 12.4. The summed E-state index contributed by atoms with van der Waals surface area (Å²) in [5.74, 6) is -1.07. The van der Waals surface area contributed by atoms with Crippen molar-refractivity contribution in [1.29, 1.82) is 0 Å². The van der Waals surface area contributed by atoms with Gasteiger partial charge in [-0.2, -0.15) is 0 Å². The van der Waals surface area contributed by atoms with Crippen molar-refractivity contribution in [3.8, 4) is 11.5 Å². The summed E-state index contributed by atoms with van der Waals surface area (Å²) in [4.78, 5) is 35.3. The Morgan fingerprint density at radius 1 is 0.767 bits per heavy atom. The molecule has 0 amide bonds. The summed E-state index contributed by atoms with van der Waals surface area (Å²) < 4.78 is 15.9. The summed E-state index contributed by atoms with van der Waals surface area (Å²) >= 11 is 0. The highest BCUT2D eigenvalue weighted by molar-refractivity contribution is 5.98. The zero-order valence-electron chi connectivity index (χ0n) is 15.7. The van der Waals surface area contributed by atoms with Crippen molar-refractivity contribution < 1.29 is 28.7 Å². The molecule has 0 saturated carbocycles. The molecule has 0 heterocycles. The highest BCUT2D eigenvalue weighted by Gasteiger charge is 2.23. The second kappa shape index (κ2) is 9.83. The van der Waals surface area contributed by atoms with Gasteiger partial charge in [-0.1, -0.05) is 42.5 Å². The molecule has 0 atom stereocenters. The van der Waals surface area contributed by atoms with Crippen LogP contribution in [0.5, 0.6) is 11.5 Å². The number of para-hydroxylation sites is 3. The lowest BCUT2D eigenvalue weighted by Gasteiger charge is -2.11. The number of carbonyl (C=O) groups excluding carboxylic acids is 2. The predicted molar refractivity (Wildman–Crippen MR) is 107 cm³/mol. The molecule has 3 aromatic rings. The first-order chi connectivity index (χ1) is 14.6. The molecule has 0 aliphatic carbocycles. The fourth-order valence-electron chi connectivity index (χ4n) is 2.57. The maximum absolute atomic E-state index is 12.4. The number of benzene rings is 3. The van der Waals surface area contributed by atoms with Crippen molar-refractivity contribution >= 4 is 17.6 Å². The van der Waals surface area contributed by atoms with E-state index in [-0.39, 0.29) is 35.8 Å². The molecule has 0 aliphatic rings. The largest absolute Gasteiger partial charge is 0.490 e. The number of hydrogen-bond donors (Lipinski definition) is 0. The molecule has 0 saturated heterocycles. The number of nitro benzene ring substituents is 1. The second-order valence-electron chi connectivity index (χ2n) is 5.96. The number of hydrogen-bond acceptors (Lipinski definition) is 7. The number of rotatable bonds is 8. The van der Waals surface area contributed by atoms with Crippen LogP contribution in [0.25, 0.3) is 0 Å². The minimum atomic E-state index is -0.949. The van der Waals surface area contributed by atoms with Crippen LogP contribution in [0.4, 0.5) is 5.69 Å². The molecule has 0 aromatic heterocycles. The van der Waals surface area contributed by atoms with Crippen molar-refractivity contribution in [2.75, 3.05) is 13.2 Å². The average Bonchev–Trinajstić information content (AvgIpc) is 2.77. The summed E-state index contributed by atoms with van der Waals surface area (Å²) in [5, 5.41) is 11.1. The van der Waals surface area contributed by atoms with Gasteiger partial charge < -0.3 is 14.2 Å². The summed E-state index contributed by atoms with van der Waals surface area (Å²) in [6.07, 6.45) is 0. The van der Waals surface area contributed by atoms with E-state index in [9.17, 15) is 19.7 Å². The third kappa shape index (κ3) is 5.20. The predicted octanol–water partition coefficient (Wildman–Crippen LogP) is 4.05. The van der Waals surface area contributed by atoms with Crippen LogP contribution in [-0.4, -0.2) is 30.1 Å². The monoisotopic (exact) mass is 407 g/mol. The van der Waals surface area contributed by atoms with Crippen LogP contribution in [0, 0.1) is 10.1 Å². The quantitative estimate of drug-likeness (QED) is 0.182. The minimum absolute atomic E-state index is 0.0137. The molecule has 0 unspecified atom stereocenters. The van der Waals surface area contributed by atoms with E-state index in [1.807, 2.05) is 18.2 Å². The molecule has 0 spiro atoms. The van der Waals surface area contributed by atoms with E-state index in [4.69, 9.17) is 14.2 Å². The molecule has 152 valence electrons. The molecule has 0 aliphatic heterocycles. The van der Waals surface area contributed by atoms with E-state index < -0.39 is 16.9 Å². The van der Waals surface area contributed by atoms with Gasteiger partial charge in [-0.3, -0.25) is 10.1 Å². The standard InChI is InChI=1S/C22H17NO7/c24-21(29-15-14-28-16-8-2-1-3-9-16)18-11-5-7-13-20(18)30-22(25)17-10-4-6-12-19(17)23(26)27/h1-13H,14-15H2. The zero-order valence-corrected chi connectivity index (χ0v) is 15.7. The Labute approximate surface area is 171 Å². The molecule has 3 aromatic carbocycles. The Morgan fingerprint density at radius 3 is 2.13 bits per heavy atom. The van der Waals surface area contributed by atoms with Gasteiger partial charge in [0.05, 0.1) is 4.92 Å². The molecule has 0 N–H and O–H groups in total. The van der Waals surface area contributed by atoms with E-state index in [1.54, 1.807) is 24.3 Å². The van der Waals surface area contributed by atoms with E-state index in [0.717, 1.165) is 0 Å². The Morgan fingerprint density at radius 2 is 1.40 bits per heavy atom. The van der Waals surface area contributed by atoms with E-state index in [1.165, 1.54) is 36.4 Å². The molecular weight excluding hydrogens is 390 g/mol. The van der Waals surface area contributed by atoms with Gasteiger partial charge in [-0.15, -0.1) is 0 Å². The normalized spacial score (nSPS) is 10.1. The Hall–Kier alpha value is -4.20. The lowest BCUT2D eigenvalue weighted by atomic mass is 10.1. The molecule has 30 heavy (non-hydrogen) atoms. The van der Waals surface area contributed by atoms with Gasteiger partial charge in [-0.25, -0.2) is 9.59 Å². The van der Waals surface area contributed by atoms with Crippen LogP contribution in [0.2, 0.25) is 0 Å². The summed E-state index contributed by atoms with van der Waals surface area (Å²) in [5.41, 5.74) is -0.591. The van der Waals surface area contributed by atoms with Crippen LogP contribution in [-0.2, 0) is 4.74 Å². The third-order valence-electron chi connectivity index (χ3n) is 3.96. The summed E-state index contributed by atoms with van der Waals surface area (Å²) in [6.45, 7) is 0.133. The fourth-order valence-corrected chi connectivity index (χ4v) is 2.57. The number of nitrogens with zero attached hydrogens (tertiary/aromatic N) is 1. The van der Waals surface area contributed by atoms with Crippen molar-refractivity contribution in [1.82, 2.24) is 0 Å². The summed E-state index contributed by atoms with van der Waals surface area (Å²) in [6, 6.07) is 20.4. The van der Waals surface area contributed by atoms with Gasteiger partial charge in [0, 0.05) is 6.07 Å². The molecule has 0 bridgehead atoms. The maximum Gasteiger partial charge on any atom is 0.350 e. The first-order valence-electron chi connectivity index (χ1n) is 8.96. The Bertz CT molecular complexity index is 1050. The van der Waals surface area contributed by atoms with Crippen molar-refractivity contribution in [3.05, 3.63) is 100 Å². The van der Waals surface area contributed by atoms with Gasteiger partial charge >= 0.3 is 11.9 Å². The average molecular weight is 407 g/mol. The fraction of sp³-hybridized carbons (Fsp3) is 0.0909. The third-order valence-corrected chi connectivity index (χ3v) is 3.96. The smallest absolute Gasteiger partial charge is 0.350 e. The molecule has 8 nitrogen and oxygen atoms in total. The van der Waals surface area contributed by atoms with Gasteiger partial charge in [-0.05, 0) is 30.3 Å². The topological polar surface area (TPSA) is 105 Å². The lowest BCUT2D eigenvalue weighted by Crippen LogP contribution is -2.16. The molecule has 8 heteroatoms. The number of ether oxygens (including phenoxy) is 3. The number of carbonyl (C=O) groups is 2. The SMILES string of the molecule is O=C(OCCOc1ccccc1)c1ccccc1OC(=O)c1ccccc1[N+](=O)[O-]. The first-order valence-corrected chi connectivity index (χ1v) is 8.96. The zero-order chi connectivity index (χ0) is 21.3. The molecule has 3 rings (SSSR count). The van der Waals surface area contributed by atoms with Gasteiger partial charge in [0.1, 0.15) is 35.8 Å². The van der Waals surface area contributed by atoms with Crippen LogP contribution in [0.15, 0.2) is 78.9 Å². The van der Waals surface area contributed by atoms with Gasteiger partial charge in [0.25, 0.3) is 5.69 Å². The summed E-state index contributed by atoms with van der Waals surface area (Å²) in [7, 11) is 0. The van der Waals surface area contributed by atoms with Crippen molar-refractivity contribution in [2.45, 2.75) is 0 Å². The molecule has 0 radical (unpaired) electrons. The van der Waals surface area contributed by atoms with Crippen LogP contribution >= 0.6 is 0 Å². The Balaban J connectivity index is 1.64. The van der Waals surface area contributed by atoms with Crippen LogP contribution in [0.3, 0.4) is 0 Å². The number of esters is 2. The highest BCUT2D eigenvalue weighted by Crippen LogP contribution is 2.23. The van der Waals surface area contributed by atoms with Crippen molar-refractivity contribution in [2.24, 2.45) is 0 Å². The van der Waals surface area contributed by atoms with Crippen molar-refractivity contribution in [3.63, 3.8) is 0 Å². The molecular formula is C22H17NO7. The van der Waals surface area contributed by atoms with E-state index >= 15 is 0 Å². The highest BCUT2D eigenvalue weighted by atomic mass is 16.6.